The Hall–Kier alpha value is -1.58. The van der Waals surface area contributed by atoms with Crippen LogP contribution < -0.4 is 0 Å². The smallest absolute Gasteiger partial charge is 0.333 e. The Labute approximate surface area is 181 Å². The Morgan fingerprint density at radius 3 is 2.10 bits per heavy atom. The third-order valence-electron chi connectivity index (χ3n) is 4.32. The van der Waals surface area contributed by atoms with Crippen molar-refractivity contribution in [3.05, 3.63) is 24.8 Å². The molecule has 0 amide bonds. The minimum absolute atomic E-state index is 0. The quantitative estimate of drug-likeness (QED) is 0.252. The van der Waals surface area contributed by atoms with Gasteiger partial charge in [0.05, 0.1) is 13.2 Å². The highest BCUT2D eigenvalue weighted by molar-refractivity contribution is 5.86. The van der Waals surface area contributed by atoms with Gasteiger partial charge in [-0.2, -0.15) is 0 Å². The molecule has 2 atom stereocenters. The number of carbonyl (C=O) groups excluding carboxylic acids is 2. The molecule has 0 aromatic carbocycles. The molecule has 0 aliphatic heterocycles. The molecule has 0 saturated carbocycles. The highest BCUT2D eigenvalue weighted by Gasteiger charge is 2.15. The number of ether oxygens (including phenoxy) is 2. The van der Waals surface area contributed by atoms with Gasteiger partial charge in [-0.1, -0.05) is 81.4 Å². The summed E-state index contributed by atoms with van der Waals surface area (Å²) in [7, 11) is 0. The average molecular weight is 413 g/mol. The molecule has 0 N–H and O–H groups in total. The molecule has 4 nitrogen and oxygen atoms in total. The Morgan fingerprint density at radius 2 is 1.69 bits per heavy atom. The summed E-state index contributed by atoms with van der Waals surface area (Å²) in [6.07, 6.45) is 7.91. The maximum Gasteiger partial charge on any atom is 0.333 e. The van der Waals surface area contributed by atoms with E-state index in [0.29, 0.717) is 36.0 Å². The van der Waals surface area contributed by atoms with Crippen LogP contribution in [0, 0.1) is 17.3 Å². The first-order chi connectivity index (χ1) is 13.0. The Kier molecular flexibility index (Phi) is 20.4. The minimum Gasteiger partial charge on any atom is -0.463 e. The number of unbranched alkanes of at least 4 members (excludes halogenated alkanes) is 1. The molecular formula is C25H48O4. The van der Waals surface area contributed by atoms with Crippen LogP contribution >= 0.6 is 0 Å². The van der Waals surface area contributed by atoms with Crippen molar-refractivity contribution >= 4 is 11.9 Å². The highest BCUT2D eigenvalue weighted by Crippen LogP contribution is 2.25. The van der Waals surface area contributed by atoms with Gasteiger partial charge >= 0.3 is 11.9 Å². The number of esters is 2. The molecule has 4 heteroatoms. The van der Waals surface area contributed by atoms with Crippen molar-refractivity contribution in [2.24, 2.45) is 17.3 Å². The summed E-state index contributed by atoms with van der Waals surface area (Å²) in [5, 5.41) is 0. The van der Waals surface area contributed by atoms with Crippen molar-refractivity contribution in [3.63, 3.8) is 0 Å². The monoisotopic (exact) mass is 412 g/mol. The molecular weight excluding hydrogens is 364 g/mol. The Bertz CT molecular complexity index is 460. The lowest BCUT2D eigenvalue weighted by Crippen LogP contribution is -2.14. The summed E-state index contributed by atoms with van der Waals surface area (Å²) >= 11 is 0. The third-order valence-corrected chi connectivity index (χ3v) is 4.32. The van der Waals surface area contributed by atoms with Crippen molar-refractivity contribution in [1.82, 2.24) is 0 Å². The molecule has 0 bridgehead atoms. The van der Waals surface area contributed by atoms with Gasteiger partial charge in [0.15, 0.2) is 0 Å². The van der Waals surface area contributed by atoms with Gasteiger partial charge in [-0.25, -0.2) is 9.59 Å². The van der Waals surface area contributed by atoms with E-state index < -0.39 is 0 Å². The second kappa shape index (κ2) is 18.4. The van der Waals surface area contributed by atoms with Gasteiger partial charge in [0.2, 0.25) is 0 Å². The fourth-order valence-corrected chi connectivity index (χ4v) is 2.78. The first kappa shape index (κ1) is 32.1. The molecule has 0 aliphatic rings. The molecule has 0 saturated heterocycles. The van der Waals surface area contributed by atoms with E-state index in [0.717, 1.165) is 25.7 Å². The lowest BCUT2D eigenvalue weighted by atomic mass is 9.84. The lowest BCUT2D eigenvalue weighted by Gasteiger charge is -2.22. The van der Waals surface area contributed by atoms with Gasteiger partial charge < -0.3 is 9.47 Å². The molecule has 2 unspecified atom stereocenters. The fraction of sp³-hybridized carbons (Fsp3) is 0.760. The molecule has 0 fully saturated rings. The summed E-state index contributed by atoms with van der Waals surface area (Å²) in [5.41, 5.74) is 0.831. The maximum absolute atomic E-state index is 11.1. The van der Waals surface area contributed by atoms with Gasteiger partial charge in [-0.3, -0.25) is 0 Å². The molecule has 0 aromatic rings. The van der Waals surface area contributed by atoms with E-state index in [1.54, 1.807) is 6.92 Å². The van der Waals surface area contributed by atoms with Crippen LogP contribution in [0.25, 0.3) is 0 Å². The van der Waals surface area contributed by atoms with Gasteiger partial charge in [-0.05, 0) is 43.4 Å². The third kappa shape index (κ3) is 22.6. The zero-order valence-corrected chi connectivity index (χ0v) is 19.4. The van der Waals surface area contributed by atoms with Crippen LogP contribution in [-0.2, 0) is 19.1 Å². The van der Waals surface area contributed by atoms with Crippen LogP contribution in [0.5, 0.6) is 0 Å². The van der Waals surface area contributed by atoms with Crippen molar-refractivity contribution in [2.45, 2.75) is 94.4 Å². The Balaban J connectivity index is -0.000000451. The normalized spacial score (nSPS) is 12.4. The predicted molar refractivity (Wildman–Crippen MR) is 125 cm³/mol. The van der Waals surface area contributed by atoms with Gasteiger partial charge in [0, 0.05) is 11.6 Å². The first-order valence-corrected chi connectivity index (χ1v) is 10.6. The molecule has 0 rings (SSSR count). The van der Waals surface area contributed by atoms with Crippen LogP contribution in [0.1, 0.15) is 94.4 Å². The number of carbonyl (C=O) groups is 2. The van der Waals surface area contributed by atoms with E-state index in [9.17, 15) is 9.59 Å². The van der Waals surface area contributed by atoms with E-state index in [2.05, 4.69) is 54.7 Å². The standard InChI is InChI=1S/2C12H22O2.CH4/c1-6-11(13)14-8-7-10(2)9-12(3,4)5;1-5-7-8-11(6-2)9-14-12(13)10(3)4;/h6,10H,1,7-9H2,2-5H3;11H,3,5-9H2,1-2,4H3;1H4. The van der Waals surface area contributed by atoms with Crippen LogP contribution in [0.2, 0.25) is 0 Å². The van der Waals surface area contributed by atoms with Crippen LogP contribution in [-0.4, -0.2) is 25.2 Å². The Morgan fingerprint density at radius 1 is 1.10 bits per heavy atom. The summed E-state index contributed by atoms with van der Waals surface area (Å²) in [6, 6.07) is 0. The summed E-state index contributed by atoms with van der Waals surface area (Å²) in [5.74, 6) is 0.513. The van der Waals surface area contributed by atoms with E-state index in [1.807, 2.05) is 0 Å². The topological polar surface area (TPSA) is 52.6 Å². The SMILES string of the molecule is C.C=C(C)C(=O)OCC(CC)CCCC.C=CC(=O)OCCC(C)CC(C)(C)C. The van der Waals surface area contributed by atoms with Crippen molar-refractivity contribution in [1.29, 1.82) is 0 Å². The minimum atomic E-state index is -0.326. The second-order valence-corrected chi connectivity index (χ2v) is 8.83. The second-order valence-electron chi connectivity index (χ2n) is 8.83. The zero-order chi connectivity index (χ0) is 22.2. The van der Waals surface area contributed by atoms with Gasteiger partial charge in [0.25, 0.3) is 0 Å². The molecule has 0 heterocycles. The summed E-state index contributed by atoms with van der Waals surface area (Å²) in [6.45, 7) is 22.8. The van der Waals surface area contributed by atoms with E-state index in [-0.39, 0.29) is 19.4 Å². The number of rotatable bonds is 12. The molecule has 0 spiro atoms. The van der Waals surface area contributed by atoms with E-state index in [1.165, 1.54) is 18.9 Å². The van der Waals surface area contributed by atoms with Crippen LogP contribution in [0.4, 0.5) is 0 Å². The van der Waals surface area contributed by atoms with Gasteiger partial charge in [-0.15, -0.1) is 0 Å². The van der Waals surface area contributed by atoms with Crippen LogP contribution in [0.15, 0.2) is 24.8 Å². The van der Waals surface area contributed by atoms with E-state index >= 15 is 0 Å². The highest BCUT2D eigenvalue weighted by atomic mass is 16.5. The average Bonchev–Trinajstić information content (AvgIpc) is 2.60. The predicted octanol–water partition coefficient (Wildman–Crippen LogP) is 7.14. The fourth-order valence-electron chi connectivity index (χ4n) is 2.78. The van der Waals surface area contributed by atoms with Crippen LogP contribution in [0.3, 0.4) is 0 Å². The summed E-state index contributed by atoms with van der Waals surface area (Å²) in [4.78, 5) is 21.9. The van der Waals surface area contributed by atoms with Crippen molar-refractivity contribution in [3.8, 4) is 0 Å². The molecule has 0 aliphatic carbocycles. The van der Waals surface area contributed by atoms with Crippen molar-refractivity contribution < 1.29 is 19.1 Å². The lowest BCUT2D eigenvalue weighted by molar-refractivity contribution is -0.140. The first-order valence-electron chi connectivity index (χ1n) is 10.6. The largest absolute Gasteiger partial charge is 0.463 e. The molecule has 172 valence electrons. The number of hydrogen-bond donors (Lipinski definition) is 0. The molecule has 0 radical (unpaired) electrons. The summed E-state index contributed by atoms with van der Waals surface area (Å²) < 4.78 is 10.0. The van der Waals surface area contributed by atoms with Gasteiger partial charge in [0.1, 0.15) is 0 Å². The maximum atomic E-state index is 11.1. The molecule has 29 heavy (non-hydrogen) atoms. The number of hydrogen-bond acceptors (Lipinski definition) is 4. The van der Waals surface area contributed by atoms with Crippen molar-refractivity contribution in [2.75, 3.05) is 13.2 Å². The zero-order valence-electron chi connectivity index (χ0n) is 19.4. The van der Waals surface area contributed by atoms with E-state index in [4.69, 9.17) is 9.47 Å². The molecule has 0 aromatic heterocycles.